The minimum Gasteiger partial charge on any atom is -0.493 e. The minimum absolute atomic E-state index is 0.175. The maximum atomic E-state index is 12.1. The van der Waals surface area contributed by atoms with Crippen LogP contribution in [0, 0.1) is 5.92 Å². The molecule has 0 fully saturated rings. The van der Waals surface area contributed by atoms with Crippen LogP contribution in [0.4, 0.5) is 0 Å². The van der Waals surface area contributed by atoms with Gasteiger partial charge >= 0.3 is 11.9 Å². The Labute approximate surface area is 160 Å². The maximum Gasteiger partial charge on any atom is 0.311 e. The zero-order valence-electron chi connectivity index (χ0n) is 16.3. The molecule has 1 aromatic carbocycles. The first-order chi connectivity index (χ1) is 12.9. The van der Waals surface area contributed by atoms with Crippen LogP contribution in [0.5, 0.6) is 17.2 Å². The lowest BCUT2D eigenvalue weighted by Gasteiger charge is -2.14. The van der Waals surface area contributed by atoms with Crippen molar-refractivity contribution in [2.75, 3.05) is 14.2 Å². The van der Waals surface area contributed by atoms with Gasteiger partial charge in [0.25, 0.3) is 0 Å². The lowest BCUT2D eigenvalue weighted by molar-refractivity contribution is -0.138. The monoisotopic (exact) mass is 382 g/mol. The van der Waals surface area contributed by atoms with Crippen molar-refractivity contribution in [3.05, 3.63) is 17.7 Å². The molecule has 0 amide bonds. The van der Waals surface area contributed by atoms with Crippen LogP contribution in [-0.2, 0) is 16.2 Å². The molecule has 1 rings (SSSR count). The summed E-state index contributed by atoms with van der Waals surface area (Å²) in [5, 5.41) is 18.0. The third-order valence-electron chi connectivity index (χ3n) is 4.27. The predicted octanol–water partition coefficient (Wildman–Crippen LogP) is 3.55. The van der Waals surface area contributed by atoms with Crippen LogP contribution < -0.4 is 14.2 Å². The number of methoxy groups -OCH3 is 2. The van der Waals surface area contributed by atoms with E-state index in [1.165, 1.54) is 14.2 Å². The predicted molar refractivity (Wildman–Crippen MR) is 100 cm³/mol. The van der Waals surface area contributed by atoms with Gasteiger partial charge in [-0.3, -0.25) is 9.59 Å². The quantitative estimate of drug-likeness (QED) is 0.305. The zero-order chi connectivity index (χ0) is 20.2. The number of aliphatic hydroxyl groups excluding tert-OH is 1. The molecule has 7 nitrogen and oxygen atoms in total. The van der Waals surface area contributed by atoms with E-state index in [9.17, 15) is 14.7 Å². The zero-order valence-corrected chi connectivity index (χ0v) is 16.3. The average Bonchev–Trinajstić information content (AvgIpc) is 2.63. The second-order valence-corrected chi connectivity index (χ2v) is 6.62. The van der Waals surface area contributed by atoms with E-state index in [-0.39, 0.29) is 37.1 Å². The first kappa shape index (κ1) is 22.8. The highest BCUT2D eigenvalue weighted by Crippen LogP contribution is 2.38. The molecule has 1 aromatic rings. The fourth-order valence-corrected chi connectivity index (χ4v) is 2.81. The SMILES string of the molecule is COc1cc(CO)cc(OC)c1OC(=O)CCCCCCC(C)CC(=O)O. The van der Waals surface area contributed by atoms with Gasteiger partial charge in [0.1, 0.15) is 0 Å². The third kappa shape index (κ3) is 8.30. The number of carbonyl (C=O) groups excluding carboxylic acids is 1. The number of unbranched alkanes of at least 4 members (excludes halogenated alkanes) is 3. The Morgan fingerprint density at radius 3 is 2.15 bits per heavy atom. The van der Waals surface area contributed by atoms with E-state index in [4.69, 9.17) is 19.3 Å². The highest BCUT2D eigenvalue weighted by molar-refractivity contribution is 5.74. The second-order valence-electron chi connectivity index (χ2n) is 6.62. The van der Waals surface area contributed by atoms with Crippen LogP contribution in [-0.4, -0.2) is 36.4 Å². The van der Waals surface area contributed by atoms with E-state index in [1.54, 1.807) is 12.1 Å². The number of hydrogen-bond donors (Lipinski definition) is 2. The summed E-state index contributed by atoms with van der Waals surface area (Å²) < 4.78 is 15.9. The van der Waals surface area contributed by atoms with Crippen LogP contribution in [0.1, 0.15) is 57.4 Å². The van der Waals surface area contributed by atoms with Gasteiger partial charge in [0, 0.05) is 12.8 Å². The molecule has 1 atom stereocenters. The Balaban J connectivity index is 2.41. The van der Waals surface area contributed by atoms with Gasteiger partial charge in [0.05, 0.1) is 20.8 Å². The molecule has 2 N–H and O–H groups in total. The summed E-state index contributed by atoms with van der Waals surface area (Å²) in [5.41, 5.74) is 0.598. The summed E-state index contributed by atoms with van der Waals surface area (Å²) in [6, 6.07) is 3.20. The molecule has 0 saturated carbocycles. The maximum absolute atomic E-state index is 12.1. The van der Waals surface area contributed by atoms with Crippen LogP contribution in [0.25, 0.3) is 0 Å². The Morgan fingerprint density at radius 2 is 1.63 bits per heavy atom. The molecule has 0 saturated heterocycles. The van der Waals surface area contributed by atoms with Crippen molar-refractivity contribution in [1.82, 2.24) is 0 Å². The lowest BCUT2D eigenvalue weighted by Crippen LogP contribution is -2.10. The molecule has 0 aliphatic carbocycles. The molecule has 0 aliphatic heterocycles. The number of benzene rings is 1. The fraction of sp³-hybridized carbons (Fsp3) is 0.600. The second kappa shape index (κ2) is 12.2. The Bertz CT molecular complexity index is 587. The normalized spacial score (nSPS) is 11.7. The van der Waals surface area contributed by atoms with Crippen molar-refractivity contribution in [2.24, 2.45) is 5.92 Å². The summed E-state index contributed by atoms with van der Waals surface area (Å²) in [4.78, 5) is 22.7. The van der Waals surface area contributed by atoms with E-state index in [0.29, 0.717) is 23.5 Å². The fourth-order valence-electron chi connectivity index (χ4n) is 2.81. The molecule has 152 valence electrons. The molecule has 1 unspecified atom stereocenters. The van der Waals surface area contributed by atoms with E-state index in [0.717, 1.165) is 25.7 Å². The first-order valence-electron chi connectivity index (χ1n) is 9.19. The van der Waals surface area contributed by atoms with Crippen molar-refractivity contribution in [3.63, 3.8) is 0 Å². The molecular formula is C20H30O7. The largest absolute Gasteiger partial charge is 0.493 e. The number of aliphatic hydroxyl groups is 1. The highest BCUT2D eigenvalue weighted by Gasteiger charge is 2.17. The highest BCUT2D eigenvalue weighted by atomic mass is 16.6. The number of ether oxygens (including phenoxy) is 3. The van der Waals surface area contributed by atoms with E-state index < -0.39 is 5.97 Å². The van der Waals surface area contributed by atoms with Gasteiger partial charge in [-0.25, -0.2) is 0 Å². The summed E-state index contributed by atoms with van der Waals surface area (Å²) in [6.45, 7) is 1.76. The number of carboxylic acids is 1. The van der Waals surface area contributed by atoms with Crippen molar-refractivity contribution in [2.45, 2.75) is 58.5 Å². The van der Waals surface area contributed by atoms with Crippen LogP contribution >= 0.6 is 0 Å². The smallest absolute Gasteiger partial charge is 0.311 e. The summed E-state index contributed by atoms with van der Waals surface area (Å²) in [7, 11) is 2.91. The van der Waals surface area contributed by atoms with Gasteiger partial charge in [-0.1, -0.05) is 32.6 Å². The van der Waals surface area contributed by atoms with Gasteiger partial charge in [0.15, 0.2) is 11.5 Å². The molecule has 0 bridgehead atoms. The lowest BCUT2D eigenvalue weighted by atomic mass is 9.99. The van der Waals surface area contributed by atoms with Crippen LogP contribution in [0.3, 0.4) is 0 Å². The molecule has 0 aliphatic rings. The topological polar surface area (TPSA) is 102 Å². The molecular weight excluding hydrogens is 352 g/mol. The van der Waals surface area contributed by atoms with Gasteiger partial charge < -0.3 is 24.4 Å². The summed E-state index contributed by atoms with van der Waals surface area (Å²) in [6.07, 6.45) is 4.84. The number of carboxylic acid groups (broad SMARTS) is 1. The van der Waals surface area contributed by atoms with E-state index in [1.807, 2.05) is 6.92 Å². The summed E-state index contributed by atoms with van der Waals surface area (Å²) >= 11 is 0. The standard InChI is InChI=1S/C20H30O7/c1-14(10-18(22)23)8-6-4-5-7-9-19(24)27-20-16(25-2)11-15(13-21)12-17(20)26-3/h11-12,14,21H,4-10,13H2,1-3H3,(H,22,23). The van der Waals surface area contributed by atoms with Crippen molar-refractivity contribution in [3.8, 4) is 17.2 Å². The average molecular weight is 382 g/mol. The summed E-state index contributed by atoms with van der Waals surface area (Å²) in [5.74, 6) is -0.0805. The van der Waals surface area contributed by atoms with Crippen molar-refractivity contribution in [1.29, 1.82) is 0 Å². The van der Waals surface area contributed by atoms with Gasteiger partial charge in [-0.2, -0.15) is 0 Å². The molecule has 0 heterocycles. The van der Waals surface area contributed by atoms with Crippen LogP contribution in [0.2, 0.25) is 0 Å². The number of aliphatic carboxylic acids is 1. The van der Waals surface area contributed by atoms with Crippen molar-refractivity contribution >= 4 is 11.9 Å². The number of esters is 1. The molecule has 27 heavy (non-hydrogen) atoms. The molecule has 0 aromatic heterocycles. The molecule has 0 spiro atoms. The van der Waals surface area contributed by atoms with E-state index >= 15 is 0 Å². The Morgan fingerprint density at radius 1 is 1.04 bits per heavy atom. The first-order valence-corrected chi connectivity index (χ1v) is 9.19. The van der Waals surface area contributed by atoms with Gasteiger partial charge in [-0.15, -0.1) is 0 Å². The number of carbonyl (C=O) groups is 2. The molecule has 0 radical (unpaired) electrons. The Hall–Kier alpha value is -2.28. The van der Waals surface area contributed by atoms with Gasteiger partial charge in [-0.05, 0) is 30.0 Å². The van der Waals surface area contributed by atoms with Crippen LogP contribution in [0.15, 0.2) is 12.1 Å². The minimum atomic E-state index is -0.761. The van der Waals surface area contributed by atoms with Crippen molar-refractivity contribution < 1.29 is 34.0 Å². The number of hydrogen-bond acceptors (Lipinski definition) is 6. The van der Waals surface area contributed by atoms with E-state index in [2.05, 4.69) is 0 Å². The number of rotatable bonds is 13. The Kier molecular flexibility index (Phi) is 10.3. The van der Waals surface area contributed by atoms with Gasteiger partial charge in [0.2, 0.25) is 5.75 Å². The third-order valence-corrected chi connectivity index (χ3v) is 4.27. The molecule has 7 heteroatoms.